The molecule has 0 saturated heterocycles. The van der Waals surface area contributed by atoms with Crippen LogP contribution in [-0.4, -0.2) is 14.9 Å². The van der Waals surface area contributed by atoms with Crippen LogP contribution in [0.2, 0.25) is 0 Å². The van der Waals surface area contributed by atoms with Gasteiger partial charge in [0.2, 0.25) is 5.88 Å². The number of nitro benzene ring substituents is 1. The Morgan fingerprint density at radius 2 is 1.90 bits per heavy atom. The molecule has 1 N–H and O–H groups in total. The van der Waals surface area contributed by atoms with Crippen molar-refractivity contribution in [1.29, 1.82) is 5.26 Å². The van der Waals surface area contributed by atoms with Gasteiger partial charge < -0.3 is 10.1 Å². The average molecular weight is 411 g/mol. The lowest BCUT2D eigenvalue weighted by atomic mass is 10.1. The molecule has 0 atom stereocenters. The third kappa shape index (κ3) is 4.74. The summed E-state index contributed by atoms with van der Waals surface area (Å²) < 4.78 is 5.76. The van der Waals surface area contributed by atoms with Gasteiger partial charge in [0.05, 0.1) is 22.1 Å². The van der Waals surface area contributed by atoms with Crippen LogP contribution in [0.3, 0.4) is 0 Å². The van der Waals surface area contributed by atoms with E-state index in [-0.39, 0.29) is 5.69 Å². The molecule has 4 rings (SSSR count). The average Bonchev–Trinajstić information content (AvgIpc) is 2.81. The number of nitrogens with zero attached hydrogens (tertiary/aromatic N) is 4. The van der Waals surface area contributed by atoms with Gasteiger partial charge in [-0.25, -0.2) is 9.97 Å². The van der Waals surface area contributed by atoms with E-state index in [9.17, 15) is 15.4 Å². The molecule has 0 aliphatic rings. The maximum absolute atomic E-state index is 11.0. The third-order valence-electron chi connectivity index (χ3n) is 4.63. The Morgan fingerprint density at radius 3 is 2.68 bits per heavy atom. The molecule has 31 heavy (non-hydrogen) atoms. The summed E-state index contributed by atoms with van der Waals surface area (Å²) >= 11 is 0. The summed E-state index contributed by atoms with van der Waals surface area (Å²) in [4.78, 5) is 19.2. The van der Waals surface area contributed by atoms with E-state index in [1.807, 2.05) is 42.5 Å². The lowest BCUT2D eigenvalue weighted by Gasteiger charge is -2.10. The molecule has 0 fully saturated rings. The molecule has 0 saturated carbocycles. The summed E-state index contributed by atoms with van der Waals surface area (Å²) in [5.41, 5.74) is 2.73. The Hall–Kier alpha value is -4.51. The Morgan fingerprint density at radius 1 is 1.06 bits per heavy atom. The molecule has 8 heteroatoms. The molecule has 0 aliphatic carbocycles. The summed E-state index contributed by atoms with van der Waals surface area (Å²) in [5, 5.41) is 24.1. The van der Waals surface area contributed by atoms with Gasteiger partial charge in [0.15, 0.2) is 0 Å². The molecular formula is C23H17N5O3. The number of rotatable bonds is 7. The van der Waals surface area contributed by atoms with Crippen LogP contribution in [0.1, 0.15) is 16.7 Å². The van der Waals surface area contributed by atoms with Gasteiger partial charge in [-0.3, -0.25) is 10.1 Å². The number of anilines is 1. The van der Waals surface area contributed by atoms with Crippen molar-refractivity contribution in [3.63, 3.8) is 0 Å². The highest BCUT2D eigenvalue weighted by Crippen LogP contribution is 2.25. The molecule has 0 radical (unpaired) electrons. The number of nitrogens with one attached hydrogen (secondary N) is 1. The monoisotopic (exact) mass is 411 g/mol. The number of fused-ring (bicyclic) bond motifs is 1. The maximum Gasteiger partial charge on any atom is 0.270 e. The molecule has 152 valence electrons. The smallest absolute Gasteiger partial charge is 0.270 e. The molecule has 8 nitrogen and oxygen atoms in total. The zero-order chi connectivity index (χ0) is 21.6. The fourth-order valence-corrected chi connectivity index (χ4v) is 3.07. The van der Waals surface area contributed by atoms with Crippen LogP contribution in [0.4, 0.5) is 11.5 Å². The first kappa shape index (κ1) is 19.8. The van der Waals surface area contributed by atoms with Gasteiger partial charge in [0.1, 0.15) is 12.4 Å². The number of nitriles is 1. The molecule has 0 aliphatic heterocycles. The van der Waals surface area contributed by atoms with Crippen molar-refractivity contribution in [2.45, 2.75) is 13.2 Å². The number of pyridine rings is 2. The van der Waals surface area contributed by atoms with Crippen molar-refractivity contribution in [2.75, 3.05) is 5.32 Å². The first-order valence-electron chi connectivity index (χ1n) is 9.47. The highest BCUT2D eigenvalue weighted by Gasteiger charge is 2.12. The van der Waals surface area contributed by atoms with Crippen LogP contribution >= 0.6 is 0 Å². The summed E-state index contributed by atoms with van der Waals surface area (Å²) in [6.45, 7) is 0.870. The second-order valence-electron chi connectivity index (χ2n) is 6.76. The van der Waals surface area contributed by atoms with E-state index in [0.717, 1.165) is 11.1 Å². The van der Waals surface area contributed by atoms with Crippen LogP contribution in [0, 0.1) is 21.4 Å². The van der Waals surface area contributed by atoms with Gasteiger partial charge in [0.25, 0.3) is 5.69 Å². The first-order valence-corrected chi connectivity index (χ1v) is 9.47. The minimum Gasteiger partial charge on any atom is -0.473 e. The molecule has 2 aromatic heterocycles. The fourth-order valence-electron chi connectivity index (χ4n) is 3.07. The number of hydrogen-bond donors (Lipinski definition) is 1. The molecule has 2 heterocycles. The van der Waals surface area contributed by atoms with Crippen molar-refractivity contribution in [2.24, 2.45) is 0 Å². The predicted molar refractivity (Wildman–Crippen MR) is 115 cm³/mol. The highest BCUT2D eigenvalue weighted by atomic mass is 16.6. The zero-order valence-electron chi connectivity index (χ0n) is 16.4. The van der Waals surface area contributed by atoms with Crippen LogP contribution in [0.5, 0.6) is 5.88 Å². The Balaban J connectivity index is 1.48. The molecule has 0 spiro atoms. The Labute approximate surface area is 177 Å². The van der Waals surface area contributed by atoms with Crippen LogP contribution in [0.15, 0.2) is 72.9 Å². The van der Waals surface area contributed by atoms with Crippen molar-refractivity contribution in [3.8, 4) is 11.9 Å². The number of aromatic nitrogens is 2. The standard InChI is InChI=1S/C23H17N5O3/c24-13-18-11-22(27-21-7-6-19(28(29)30)12-20(18)21)26-14-17-8-9-25-23(10-17)31-15-16-4-2-1-3-5-16/h1-12H,14-15H2,(H,26,27). The van der Waals surface area contributed by atoms with Gasteiger partial charge >= 0.3 is 0 Å². The SMILES string of the molecule is N#Cc1cc(NCc2ccnc(OCc3ccccc3)c2)nc2ccc([N+](=O)[O-])cc12. The van der Waals surface area contributed by atoms with Crippen LogP contribution in [0.25, 0.3) is 10.9 Å². The lowest BCUT2D eigenvalue weighted by Crippen LogP contribution is -2.04. The van der Waals surface area contributed by atoms with Crippen LogP contribution in [-0.2, 0) is 13.2 Å². The minimum atomic E-state index is -0.492. The summed E-state index contributed by atoms with van der Waals surface area (Å²) in [7, 11) is 0. The van der Waals surface area contributed by atoms with Gasteiger partial charge in [-0.1, -0.05) is 30.3 Å². The second-order valence-corrected chi connectivity index (χ2v) is 6.76. The molecule has 2 aromatic carbocycles. The number of non-ortho nitro benzene ring substituents is 1. The predicted octanol–water partition coefficient (Wildman–Crippen LogP) is 4.60. The largest absolute Gasteiger partial charge is 0.473 e. The summed E-state index contributed by atoms with van der Waals surface area (Å²) in [6.07, 6.45) is 1.67. The number of benzene rings is 2. The zero-order valence-corrected chi connectivity index (χ0v) is 16.4. The van der Waals surface area contributed by atoms with E-state index in [4.69, 9.17) is 4.74 Å². The molecule has 4 aromatic rings. The third-order valence-corrected chi connectivity index (χ3v) is 4.63. The van der Waals surface area contributed by atoms with Crippen molar-refractivity contribution in [3.05, 3.63) is 99.7 Å². The van der Waals surface area contributed by atoms with E-state index in [1.54, 1.807) is 18.3 Å². The summed E-state index contributed by atoms with van der Waals surface area (Å²) in [6, 6.07) is 21.5. The topological polar surface area (TPSA) is 114 Å². The molecular weight excluding hydrogens is 394 g/mol. The lowest BCUT2D eigenvalue weighted by molar-refractivity contribution is -0.384. The van der Waals surface area contributed by atoms with E-state index in [0.29, 0.717) is 41.3 Å². The molecule has 0 bridgehead atoms. The van der Waals surface area contributed by atoms with Crippen molar-refractivity contribution >= 4 is 22.4 Å². The Kier molecular flexibility index (Phi) is 5.67. The normalized spacial score (nSPS) is 10.4. The van der Waals surface area contributed by atoms with Crippen LogP contribution < -0.4 is 10.1 Å². The molecule has 0 unspecified atom stereocenters. The number of hydrogen-bond acceptors (Lipinski definition) is 7. The van der Waals surface area contributed by atoms with Gasteiger partial charge in [-0.2, -0.15) is 5.26 Å². The fraction of sp³-hybridized carbons (Fsp3) is 0.0870. The highest BCUT2D eigenvalue weighted by molar-refractivity contribution is 5.88. The van der Waals surface area contributed by atoms with E-state index >= 15 is 0 Å². The van der Waals surface area contributed by atoms with Gasteiger partial charge in [-0.15, -0.1) is 0 Å². The maximum atomic E-state index is 11.0. The van der Waals surface area contributed by atoms with E-state index in [2.05, 4.69) is 21.4 Å². The van der Waals surface area contributed by atoms with Gasteiger partial charge in [-0.05, 0) is 29.3 Å². The second kappa shape index (κ2) is 8.88. The first-order chi connectivity index (χ1) is 15.1. The number of ether oxygens (including phenoxy) is 1. The van der Waals surface area contributed by atoms with Crippen molar-refractivity contribution < 1.29 is 9.66 Å². The number of nitro groups is 1. The van der Waals surface area contributed by atoms with E-state index < -0.39 is 4.92 Å². The molecule has 0 amide bonds. The van der Waals surface area contributed by atoms with Crippen molar-refractivity contribution in [1.82, 2.24) is 9.97 Å². The van der Waals surface area contributed by atoms with E-state index in [1.165, 1.54) is 12.1 Å². The summed E-state index contributed by atoms with van der Waals surface area (Å²) in [5.74, 6) is 1.01. The van der Waals surface area contributed by atoms with Gasteiger partial charge in [0, 0.05) is 36.3 Å². The minimum absolute atomic E-state index is 0.0775. The Bertz CT molecular complexity index is 1290. The quantitative estimate of drug-likeness (QED) is 0.349.